The fraction of sp³-hybridized carbons (Fsp3) is 0.182. The van der Waals surface area contributed by atoms with Crippen molar-refractivity contribution in [2.24, 2.45) is 0 Å². The molecule has 0 amide bonds. The monoisotopic (exact) mass is 393 g/mol. The zero-order valence-corrected chi connectivity index (χ0v) is 16.4. The van der Waals surface area contributed by atoms with Crippen molar-refractivity contribution < 1.29 is 9.53 Å². The fourth-order valence-corrected chi connectivity index (χ4v) is 3.66. The van der Waals surface area contributed by atoms with E-state index in [1.807, 2.05) is 66.2 Å². The van der Waals surface area contributed by atoms with Crippen LogP contribution in [-0.4, -0.2) is 22.4 Å². The Balaban J connectivity index is 1.87. The van der Waals surface area contributed by atoms with Gasteiger partial charge in [0.2, 0.25) is 0 Å². The van der Waals surface area contributed by atoms with Gasteiger partial charge in [-0.2, -0.15) is 5.10 Å². The Kier molecular flexibility index (Phi) is 4.92. The number of rotatable bonds is 4. The molecule has 1 N–H and O–H groups in total. The highest BCUT2D eigenvalue weighted by Crippen LogP contribution is 2.40. The number of aryl methyl sites for hydroxylation is 1. The average Bonchev–Trinajstić information content (AvgIpc) is 3.04. The summed E-state index contributed by atoms with van der Waals surface area (Å²) in [6, 6.07) is 17.1. The number of nitrogens with one attached hydrogen (secondary N) is 1. The number of fused-ring (bicyclic) bond motifs is 1. The van der Waals surface area contributed by atoms with Crippen LogP contribution in [0.2, 0.25) is 5.02 Å². The number of hydrogen-bond acceptors (Lipinski definition) is 4. The van der Waals surface area contributed by atoms with E-state index in [2.05, 4.69) is 5.32 Å². The molecule has 3 aromatic rings. The van der Waals surface area contributed by atoms with Crippen molar-refractivity contribution in [3.63, 3.8) is 0 Å². The van der Waals surface area contributed by atoms with E-state index in [4.69, 9.17) is 21.4 Å². The van der Waals surface area contributed by atoms with E-state index >= 15 is 0 Å². The summed E-state index contributed by atoms with van der Waals surface area (Å²) >= 11 is 6.05. The molecule has 0 saturated carbocycles. The summed E-state index contributed by atoms with van der Waals surface area (Å²) in [5.41, 5.74) is 4.34. The maximum Gasteiger partial charge on any atom is 0.338 e. The molecule has 142 valence electrons. The number of aromatic nitrogens is 2. The van der Waals surface area contributed by atoms with Crippen molar-refractivity contribution in [1.29, 1.82) is 0 Å². The topological polar surface area (TPSA) is 56.1 Å². The molecule has 5 nitrogen and oxygen atoms in total. The van der Waals surface area contributed by atoms with Crippen LogP contribution in [0.25, 0.3) is 11.1 Å². The SMILES string of the molecule is CCOC(=O)C1=CNc2c(-c3ccc(Cl)cc3)c(C)nn2[C@H]1c1ccccc1. The van der Waals surface area contributed by atoms with Gasteiger partial charge in [0.05, 0.1) is 17.9 Å². The van der Waals surface area contributed by atoms with Gasteiger partial charge in [-0.25, -0.2) is 9.48 Å². The smallest absolute Gasteiger partial charge is 0.338 e. The Morgan fingerprint density at radius 3 is 2.57 bits per heavy atom. The molecule has 28 heavy (non-hydrogen) atoms. The molecule has 2 heterocycles. The quantitative estimate of drug-likeness (QED) is 0.635. The number of anilines is 1. The molecule has 0 bridgehead atoms. The molecule has 6 heteroatoms. The lowest BCUT2D eigenvalue weighted by Crippen LogP contribution is -2.27. The number of halogens is 1. The lowest BCUT2D eigenvalue weighted by Gasteiger charge is -2.26. The van der Waals surface area contributed by atoms with Crippen LogP contribution in [-0.2, 0) is 9.53 Å². The lowest BCUT2D eigenvalue weighted by molar-refractivity contribution is -0.139. The Bertz CT molecular complexity index is 1040. The molecular formula is C22H20ClN3O2. The van der Waals surface area contributed by atoms with Crippen LogP contribution in [0.3, 0.4) is 0 Å². The highest BCUT2D eigenvalue weighted by Gasteiger charge is 2.33. The molecule has 0 aliphatic carbocycles. The summed E-state index contributed by atoms with van der Waals surface area (Å²) in [4.78, 5) is 12.6. The second-order valence-electron chi connectivity index (χ2n) is 6.54. The molecular weight excluding hydrogens is 374 g/mol. The van der Waals surface area contributed by atoms with Gasteiger partial charge in [-0.1, -0.05) is 54.1 Å². The van der Waals surface area contributed by atoms with Crippen LogP contribution in [0.1, 0.15) is 24.2 Å². The molecule has 1 aliphatic rings. The molecule has 1 aliphatic heterocycles. The van der Waals surface area contributed by atoms with Crippen molar-refractivity contribution in [2.45, 2.75) is 19.9 Å². The van der Waals surface area contributed by atoms with Crippen LogP contribution in [0.15, 0.2) is 66.4 Å². The maximum atomic E-state index is 12.6. The van der Waals surface area contributed by atoms with Gasteiger partial charge in [0, 0.05) is 16.8 Å². The molecule has 0 spiro atoms. The van der Waals surface area contributed by atoms with Crippen molar-refractivity contribution in [1.82, 2.24) is 9.78 Å². The summed E-state index contributed by atoms with van der Waals surface area (Å²) in [6.45, 7) is 4.08. The number of carbonyl (C=O) groups excluding carboxylic acids is 1. The number of hydrogen-bond donors (Lipinski definition) is 1. The predicted octanol–water partition coefficient (Wildman–Crippen LogP) is 4.97. The molecule has 1 aromatic heterocycles. The van der Waals surface area contributed by atoms with Gasteiger partial charge >= 0.3 is 5.97 Å². The standard InChI is InChI=1S/C22H20ClN3O2/c1-3-28-22(27)18-13-24-21-19(15-9-11-17(23)12-10-15)14(2)25-26(21)20(18)16-7-5-4-6-8-16/h4-13,20,24H,3H2,1-2H3/t20-/m0/s1. The van der Waals surface area contributed by atoms with Gasteiger partial charge in [-0.05, 0) is 37.1 Å². The minimum absolute atomic E-state index is 0.318. The van der Waals surface area contributed by atoms with Gasteiger partial charge in [0.25, 0.3) is 0 Å². The first-order valence-electron chi connectivity index (χ1n) is 9.14. The summed E-state index contributed by atoms with van der Waals surface area (Å²) in [7, 11) is 0. The van der Waals surface area contributed by atoms with E-state index in [0.29, 0.717) is 17.2 Å². The Hall–Kier alpha value is -3.05. The zero-order chi connectivity index (χ0) is 19.7. The minimum atomic E-state index is -0.365. The Morgan fingerprint density at radius 1 is 1.18 bits per heavy atom. The molecule has 2 aromatic carbocycles. The summed E-state index contributed by atoms with van der Waals surface area (Å²) in [5.74, 6) is 0.484. The van der Waals surface area contributed by atoms with Gasteiger partial charge < -0.3 is 10.1 Å². The van der Waals surface area contributed by atoms with Crippen LogP contribution in [0, 0.1) is 6.92 Å². The third kappa shape index (κ3) is 3.18. The van der Waals surface area contributed by atoms with E-state index in [1.165, 1.54) is 0 Å². The van der Waals surface area contributed by atoms with Crippen LogP contribution >= 0.6 is 11.6 Å². The third-order valence-corrected chi connectivity index (χ3v) is 5.00. The van der Waals surface area contributed by atoms with Crippen molar-refractivity contribution >= 4 is 23.4 Å². The van der Waals surface area contributed by atoms with Crippen LogP contribution in [0.4, 0.5) is 5.82 Å². The first kappa shape index (κ1) is 18.3. The maximum absolute atomic E-state index is 12.6. The molecule has 4 rings (SSSR count). The van der Waals surface area contributed by atoms with Gasteiger partial charge in [-0.15, -0.1) is 0 Å². The number of carbonyl (C=O) groups is 1. The summed E-state index contributed by atoms with van der Waals surface area (Å²) in [6.07, 6.45) is 1.73. The van der Waals surface area contributed by atoms with Crippen molar-refractivity contribution in [2.75, 3.05) is 11.9 Å². The van der Waals surface area contributed by atoms with Gasteiger partial charge in [0.15, 0.2) is 0 Å². The average molecular weight is 394 g/mol. The normalized spacial score (nSPS) is 15.4. The highest BCUT2D eigenvalue weighted by atomic mass is 35.5. The van der Waals surface area contributed by atoms with Gasteiger partial charge in [0.1, 0.15) is 11.9 Å². The van der Waals surface area contributed by atoms with Crippen LogP contribution in [0.5, 0.6) is 0 Å². The molecule has 0 saturated heterocycles. The first-order valence-corrected chi connectivity index (χ1v) is 9.51. The van der Waals surface area contributed by atoms with E-state index in [0.717, 1.165) is 28.2 Å². The lowest BCUT2D eigenvalue weighted by atomic mass is 9.97. The van der Waals surface area contributed by atoms with Crippen molar-refractivity contribution in [3.05, 3.63) is 82.7 Å². The van der Waals surface area contributed by atoms with E-state index in [-0.39, 0.29) is 12.0 Å². The number of esters is 1. The van der Waals surface area contributed by atoms with Gasteiger partial charge in [-0.3, -0.25) is 0 Å². The zero-order valence-electron chi connectivity index (χ0n) is 15.6. The minimum Gasteiger partial charge on any atom is -0.463 e. The first-order chi connectivity index (χ1) is 13.6. The molecule has 0 radical (unpaired) electrons. The number of benzene rings is 2. The molecule has 0 unspecified atom stereocenters. The number of ether oxygens (including phenoxy) is 1. The van der Waals surface area contributed by atoms with E-state index in [9.17, 15) is 4.79 Å². The highest BCUT2D eigenvalue weighted by molar-refractivity contribution is 6.30. The van der Waals surface area contributed by atoms with E-state index in [1.54, 1.807) is 13.1 Å². The summed E-state index contributed by atoms with van der Waals surface area (Å²) < 4.78 is 7.14. The molecule has 0 fully saturated rings. The van der Waals surface area contributed by atoms with Crippen molar-refractivity contribution in [3.8, 4) is 11.1 Å². The van der Waals surface area contributed by atoms with E-state index < -0.39 is 0 Å². The third-order valence-electron chi connectivity index (χ3n) is 4.75. The Labute approximate surface area is 168 Å². The number of nitrogens with zero attached hydrogens (tertiary/aromatic N) is 2. The molecule has 1 atom stereocenters. The fourth-order valence-electron chi connectivity index (χ4n) is 3.53. The largest absolute Gasteiger partial charge is 0.463 e. The summed E-state index contributed by atoms with van der Waals surface area (Å²) in [5, 5.41) is 8.71. The second kappa shape index (κ2) is 7.52. The predicted molar refractivity (Wildman–Crippen MR) is 110 cm³/mol. The second-order valence-corrected chi connectivity index (χ2v) is 6.97. The van der Waals surface area contributed by atoms with Crippen LogP contribution < -0.4 is 5.32 Å². The Morgan fingerprint density at radius 2 is 1.89 bits per heavy atom.